The van der Waals surface area contributed by atoms with Crippen LogP contribution in [0.15, 0.2) is 24.3 Å². The lowest BCUT2D eigenvalue weighted by atomic mass is 9.94. The quantitative estimate of drug-likeness (QED) is 0.759. The van der Waals surface area contributed by atoms with E-state index in [1.54, 1.807) is 12.1 Å². The second kappa shape index (κ2) is 3.33. The van der Waals surface area contributed by atoms with Crippen molar-refractivity contribution >= 4 is 0 Å². The van der Waals surface area contributed by atoms with E-state index >= 15 is 0 Å². The Morgan fingerprint density at radius 2 is 1.93 bits per heavy atom. The third-order valence-corrected chi connectivity index (χ3v) is 3.15. The molecule has 1 saturated carbocycles. The average Bonchev–Trinajstić information content (AvgIpc) is 2.94. The molecule has 2 atom stereocenters. The molecule has 76 valence electrons. The minimum absolute atomic E-state index is 0.0177. The molecule has 0 bridgehead atoms. The predicted molar refractivity (Wildman–Crippen MR) is 50.4 cm³/mol. The van der Waals surface area contributed by atoms with Gasteiger partial charge in [-0.3, -0.25) is 0 Å². The van der Waals surface area contributed by atoms with Gasteiger partial charge in [0.15, 0.2) is 0 Å². The zero-order valence-electron chi connectivity index (χ0n) is 7.78. The molecule has 0 aliphatic heterocycles. The summed E-state index contributed by atoms with van der Waals surface area (Å²) in [7, 11) is 0. The van der Waals surface area contributed by atoms with Gasteiger partial charge in [-0.25, -0.2) is 4.39 Å². The first-order valence-corrected chi connectivity index (χ1v) is 4.71. The highest BCUT2D eigenvalue weighted by Crippen LogP contribution is 2.53. The van der Waals surface area contributed by atoms with Gasteiger partial charge in [0, 0.05) is 12.0 Å². The van der Waals surface area contributed by atoms with Crippen LogP contribution in [0.5, 0.6) is 0 Å². The molecule has 0 unspecified atom stereocenters. The molecular weight excluding hydrogens is 183 g/mol. The van der Waals surface area contributed by atoms with Crippen molar-refractivity contribution in [1.82, 2.24) is 0 Å². The summed E-state index contributed by atoms with van der Waals surface area (Å²) in [6.07, 6.45) is 0.783. The van der Waals surface area contributed by atoms with Crippen LogP contribution in [0.1, 0.15) is 12.0 Å². The molecular formula is C11H13FO2. The third kappa shape index (κ3) is 1.33. The lowest BCUT2D eigenvalue weighted by Gasteiger charge is -2.13. The number of hydrogen-bond donors (Lipinski definition) is 2. The Bertz CT molecular complexity index is 323. The fourth-order valence-corrected chi connectivity index (χ4v) is 2.04. The van der Waals surface area contributed by atoms with Gasteiger partial charge in [-0.05, 0) is 30.0 Å². The van der Waals surface area contributed by atoms with Crippen LogP contribution in [-0.2, 0) is 5.41 Å². The summed E-state index contributed by atoms with van der Waals surface area (Å²) in [5.41, 5.74) is 0.600. The van der Waals surface area contributed by atoms with Gasteiger partial charge in [0.2, 0.25) is 0 Å². The molecule has 2 nitrogen and oxygen atoms in total. The van der Waals surface area contributed by atoms with Crippen LogP contribution in [0, 0.1) is 11.7 Å². The molecule has 1 fully saturated rings. The van der Waals surface area contributed by atoms with Crippen molar-refractivity contribution in [2.75, 3.05) is 13.2 Å². The molecule has 2 N–H and O–H groups in total. The largest absolute Gasteiger partial charge is 0.396 e. The highest BCUT2D eigenvalue weighted by atomic mass is 19.1. The maximum Gasteiger partial charge on any atom is 0.123 e. The minimum atomic E-state index is -0.317. The summed E-state index contributed by atoms with van der Waals surface area (Å²) in [5.74, 6) is -0.152. The first kappa shape index (κ1) is 9.62. The summed E-state index contributed by atoms with van der Waals surface area (Å²) >= 11 is 0. The maximum absolute atomic E-state index is 12.7. The van der Waals surface area contributed by atoms with E-state index in [0.717, 1.165) is 12.0 Å². The topological polar surface area (TPSA) is 40.5 Å². The molecule has 0 heterocycles. The Labute approximate surface area is 82.0 Å². The second-order valence-electron chi connectivity index (χ2n) is 3.90. The van der Waals surface area contributed by atoms with Gasteiger partial charge in [-0.2, -0.15) is 0 Å². The minimum Gasteiger partial charge on any atom is -0.396 e. The van der Waals surface area contributed by atoms with Crippen molar-refractivity contribution in [3.05, 3.63) is 35.6 Å². The van der Waals surface area contributed by atoms with E-state index in [9.17, 15) is 9.50 Å². The van der Waals surface area contributed by atoms with Gasteiger partial charge in [0.1, 0.15) is 5.82 Å². The highest BCUT2D eigenvalue weighted by molar-refractivity contribution is 5.34. The summed E-state index contributed by atoms with van der Waals surface area (Å²) in [5, 5.41) is 18.3. The Balaban J connectivity index is 2.26. The van der Waals surface area contributed by atoms with E-state index in [2.05, 4.69) is 0 Å². The zero-order valence-corrected chi connectivity index (χ0v) is 7.78. The second-order valence-corrected chi connectivity index (χ2v) is 3.90. The number of aliphatic hydroxyl groups is 2. The molecule has 1 aliphatic carbocycles. The first-order valence-electron chi connectivity index (χ1n) is 4.71. The number of rotatable bonds is 3. The Kier molecular flexibility index (Phi) is 2.29. The molecule has 2 rings (SSSR count). The van der Waals surface area contributed by atoms with E-state index in [4.69, 9.17) is 5.11 Å². The fraction of sp³-hybridized carbons (Fsp3) is 0.455. The van der Waals surface area contributed by atoms with Gasteiger partial charge in [0.25, 0.3) is 0 Å². The molecule has 0 aromatic heterocycles. The number of hydrogen-bond acceptors (Lipinski definition) is 2. The van der Waals surface area contributed by atoms with E-state index < -0.39 is 0 Å². The van der Waals surface area contributed by atoms with Crippen LogP contribution < -0.4 is 0 Å². The summed E-state index contributed by atoms with van der Waals surface area (Å²) in [6, 6.07) is 6.14. The first-order chi connectivity index (χ1) is 6.73. The Hall–Kier alpha value is -0.930. The smallest absolute Gasteiger partial charge is 0.123 e. The molecule has 3 heteroatoms. The summed E-state index contributed by atoms with van der Waals surface area (Å²) in [4.78, 5) is 0. The predicted octanol–water partition coefficient (Wildman–Crippen LogP) is 1.07. The molecule has 14 heavy (non-hydrogen) atoms. The fourth-order valence-electron chi connectivity index (χ4n) is 2.04. The maximum atomic E-state index is 12.7. The molecule has 0 radical (unpaired) electrons. The standard InChI is InChI=1S/C11H13FO2/c12-10-3-1-8(2-4-10)11(7-14)5-9(11)6-13/h1-4,9,13-14H,5-7H2/t9-,11+/m0/s1. The van der Waals surface area contributed by atoms with Crippen molar-refractivity contribution in [3.63, 3.8) is 0 Å². The molecule has 0 saturated heterocycles. The molecule has 1 aromatic rings. The highest BCUT2D eigenvalue weighted by Gasteiger charge is 2.54. The van der Waals surface area contributed by atoms with Crippen LogP contribution in [0.3, 0.4) is 0 Å². The molecule has 0 spiro atoms. The Morgan fingerprint density at radius 3 is 2.36 bits per heavy atom. The van der Waals surface area contributed by atoms with Gasteiger partial charge in [-0.15, -0.1) is 0 Å². The van der Waals surface area contributed by atoms with Crippen molar-refractivity contribution in [2.24, 2.45) is 5.92 Å². The zero-order chi connectivity index (χ0) is 10.2. The van der Waals surface area contributed by atoms with E-state index in [0.29, 0.717) is 0 Å². The summed E-state index contributed by atoms with van der Waals surface area (Å²) < 4.78 is 12.7. The number of benzene rings is 1. The van der Waals surface area contributed by atoms with Crippen LogP contribution in [-0.4, -0.2) is 23.4 Å². The van der Waals surface area contributed by atoms with Gasteiger partial charge in [-0.1, -0.05) is 12.1 Å². The molecule has 1 aromatic carbocycles. The van der Waals surface area contributed by atoms with Crippen LogP contribution >= 0.6 is 0 Å². The summed E-state index contributed by atoms with van der Waals surface area (Å²) in [6.45, 7) is 0.0990. The monoisotopic (exact) mass is 196 g/mol. The van der Waals surface area contributed by atoms with E-state index in [1.807, 2.05) is 0 Å². The number of aliphatic hydroxyl groups excluding tert-OH is 2. The van der Waals surface area contributed by atoms with Crippen LogP contribution in [0.4, 0.5) is 4.39 Å². The number of halogens is 1. The van der Waals surface area contributed by atoms with Crippen LogP contribution in [0.2, 0.25) is 0 Å². The lowest BCUT2D eigenvalue weighted by molar-refractivity contribution is 0.213. The van der Waals surface area contributed by atoms with Gasteiger partial charge >= 0.3 is 0 Å². The van der Waals surface area contributed by atoms with E-state index in [1.165, 1.54) is 12.1 Å². The molecule has 0 amide bonds. The normalized spacial score (nSPS) is 30.4. The van der Waals surface area contributed by atoms with Crippen molar-refractivity contribution in [1.29, 1.82) is 0 Å². The van der Waals surface area contributed by atoms with Gasteiger partial charge in [0.05, 0.1) is 6.61 Å². The van der Waals surface area contributed by atoms with Crippen molar-refractivity contribution in [2.45, 2.75) is 11.8 Å². The Morgan fingerprint density at radius 1 is 1.29 bits per heavy atom. The third-order valence-electron chi connectivity index (χ3n) is 3.15. The van der Waals surface area contributed by atoms with Gasteiger partial charge < -0.3 is 10.2 Å². The van der Waals surface area contributed by atoms with Crippen LogP contribution in [0.25, 0.3) is 0 Å². The SMILES string of the molecule is OC[C@@H]1C[C@@]1(CO)c1ccc(F)cc1. The van der Waals surface area contributed by atoms with Crippen molar-refractivity contribution in [3.8, 4) is 0 Å². The lowest BCUT2D eigenvalue weighted by Crippen LogP contribution is -2.16. The average molecular weight is 196 g/mol. The van der Waals surface area contributed by atoms with E-state index in [-0.39, 0.29) is 30.4 Å². The van der Waals surface area contributed by atoms with Crippen molar-refractivity contribution < 1.29 is 14.6 Å². The molecule has 1 aliphatic rings.